The number of hydrogen-bond donors (Lipinski definition) is 3. The molecule has 3 N–H and O–H groups in total. The van der Waals surface area contributed by atoms with Crippen molar-refractivity contribution in [3.05, 3.63) is 32.1 Å². The van der Waals surface area contributed by atoms with E-state index in [4.69, 9.17) is 5.11 Å². The molecule has 2 aromatic rings. The minimum atomic E-state index is -0.727. The molecule has 0 radical (unpaired) electrons. The van der Waals surface area contributed by atoms with Crippen molar-refractivity contribution in [2.45, 2.75) is 6.92 Å². The standard InChI is InChI=1S/C10H11N5O5/c1-5-12-6-4-7(14(17)18)9(11-2-3-16)10(15(19)20)8(6)13-5/h4,11,16H,2-3H2,1H3,(H,12,13). The van der Waals surface area contributed by atoms with Crippen molar-refractivity contribution in [3.8, 4) is 0 Å². The van der Waals surface area contributed by atoms with Gasteiger partial charge in [0.25, 0.3) is 0 Å². The molecule has 20 heavy (non-hydrogen) atoms. The Kier molecular flexibility index (Phi) is 3.48. The van der Waals surface area contributed by atoms with Crippen molar-refractivity contribution < 1.29 is 15.0 Å². The number of aromatic amines is 1. The summed E-state index contributed by atoms with van der Waals surface area (Å²) in [5.74, 6) is 0.414. The van der Waals surface area contributed by atoms with Crippen LogP contribution in [0.5, 0.6) is 0 Å². The van der Waals surface area contributed by atoms with Gasteiger partial charge in [-0.3, -0.25) is 20.2 Å². The van der Waals surface area contributed by atoms with Gasteiger partial charge in [0.15, 0.2) is 11.2 Å². The summed E-state index contributed by atoms with van der Waals surface area (Å²) >= 11 is 0. The molecule has 0 aliphatic rings. The van der Waals surface area contributed by atoms with Gasteiger partial charge in [0.05, 0.1) is 22.0 Å². The van der Waals surface area contributed by atoms with Gasteiger partial charge in [-0.2, -0.15) is 0 Å². The number of anilines is 1. The van der Waals surface area contributed by atoms with Gasteiger partial charge in [-0.1, -0.05) is 0 Å². The van der Waals surface area contributed by atoms with Crippen molar-refractivity contribution in [2.24, 2.45) is 0 Å². The Labute approximate surface area is 111 Å². The van der Waals surface area contributed by atoms with Crippen LogP contribution in [0.15, 0.2) is 6.07 Å². The van der Waals surface area contributed by atoms with E-state index < -0.39 is 21.2 Å². The third-order valence-corrected chi connectivity index (χ3v) is 2.64. The largest absolute Gasteiger partial charge is 0.395 e. The fourth-order valence-corrected chi connectivity index (χ4v) is 1.92. The van der Waals surface area contributed by atoms with E-state index in [0.717, 1.165) is 0 Å². The molecule has 0 aliphatic carbocycles. The summed E-state index contributed by atoms with van der Waals surface area (Å²) in [7, 11) is 0. The van der Waals surface area contributed by atoms with Gasteiger partial charge in [0, 0.05) is 12.6 Å². The lowest BCUT2D eigenvalue weighted by Crippen LogP contribution is -2.10. The maximum absolute atomic E-state index is 11.2. The zero-order chi connectivity index (χ0) is 14.9. The van der Waals surface area contributed by atoms with Crippen molar-refractivity contribution in [2.75, 3.05) is 18.5 Å². The maximum atomic E-state index is 11.2. The van der Waals surface area contributed by atoms with Crippen molar-refractivity contribution in [1.82, 2.24) is 9.97 Å². The second-order valence-electron chi connectivity index (χ2n) is 4.00. The molecule has 0 unspecified atom stereocenters. The summed E-state index contributed by atoms with van der Waals surface area (Å²) in [6.45, 7) is 1.24. The number of nitro benzene ring substituents is 2. The van der Waals surface area contributed by atoms with Gasteiger partial charge < -0.3 is 15.4 Å². The number of fused-ring (bicyclic) bond motifs is 1. The van der Waals surface area contributed by atoms with Gasteiger partial charge >= 0.3 is 11.4 Å². The molecule has 0 atom stereocenters. The highest BCUT2D eigenvalue weighted by molar-refractivity contribution is 5.96. The molecule has 0 aliphatic heterocycles. The van der Waals surface area contributed by atoms with Gasteiger partial charge in [-0.15, -0.1) is 0 Å². The molecule has 0 spiro atoms. The monoisotopic (exact) mass is 281 g/mol. The predicted octanol–water partition coefficient (Wildman–Crippen LogP) is 1.09. The summed E-state index contributed by atoms with van der Waals surface area (Å²) < 4.78 is 0. The molecule has 10 heteroatoms. The number of benzene rings is 1. The third kappa shape index (κ3) is 2.23. The van der Waals surface area contributed by atoms with Crippen LogP contribution in [0.1, 0.15) is 5.82 Å². The third-order valence-electron chi connectivity index (χ3n) is 2.64. The molecule has 0 saturated heterocycles. The van der Waals surface area contributed by atoms with E-state index in [0.29, 0.717) is 5.82 Å². The molecule has 1 aromatic carbocycles. The van der Waals surface area contributed by atoms with Crippen LogP contribution in [0.25, 0.3) is 11.0 Å². The number of aliphatic hydroxyl groups is 1. The topological polar surface area (TPSA) is 147 Å². The highest BCUT2D eigenvalue weighted by Gasteiger charge is 2.30. The average molecular weight is 281 g/mol. The molecule has 106 valence electrons. The lowest BCUT2D eigenvalue weighted by atomic mass is 10.2. The summed E-state index contributed by atoms with van der Waals surface area (Å²) in [6.07, 6.45) is 0. The Balaban J connectivity index is 2.80. The van der Waals surface area contributed by atoms with Crippen molar-refractivity contribution in [1.29, 1.82) is 0 Å². The quantitative estimate of drug-likeness (QED) is 0.548. The van der Waals surface area contributed by atoms with Crippen LogP contribution < -0.4 is 5.32 Å². The SMILES string of the molecule is Cc1nc2c([N+](=O)[O-])c(NCCO)c([N+](=O)[O-])cc2[nH]1. The Morgan fingerprint density at radius 1 is 1.40 bits per heavy atom. The molecular weight excluding hydrogens is 270 g/mol. The molecule has 0 fully saturated rings. The van der Waals surface area contributed by atoms with Crippen LogP contribution in [0.4, 0.5) is 17.1 Å². The number of nitrogens with one attached hydrogen (secondary N) is 2. The number of H-pyrrole nitrogens is 1. The van der Waals surface area contributed by atoms with E-state index in [1.165, 1.54) is 6.07 Å². The Hall–Kier alpha value is -2.75. The number of hydrogen-bond acceptors (Lipinski definition) is 7. The van der Waals surface area contributed by atoms with Crippen LogP contribution in [-0.4, -0.2) is 38.1 Å². The first-order valence-corrected chi connectivity index (χ1v) is 5.62. The second kappa shape index (κ2) is 5.09. The van der Waals surface area contributed by atoms with Gasteiger partial charge in [0.2, 0.25) is 0 Å². The van der Waals surface area contributed by atoms with Crippen LogP contribution >= 0.6 is 0 Å². The minimum absolute atomic E-state index is 0.0403. The Morgan fingerprint density at radius 2 is 2.10 bits per heavy atom. The van der Waals surface area contributed by atoms with E-state index in [-0.39, 0.29) is 29.9 Å². The van der Waals surface area contributed by atoms with Crippen LogP contribution in [0, 0.1) is 27.2 Å². The molecule has 0 amide bonds. The maximum Gasteiger partial charge on any atom is 0.327 e. The number of aryl methyl sites for hydroxylation is 1. The molecule has 10 nitrogen and oxygen atoms in total. The van der Waals surface area contributed by atoms with Gasteiger partial charge in [-0.05, 0) is 6.92 Å². The second-order valence-corrected chi connectivity index (χ2v) is 4.00. The average Bonchev–Trinajstić information content (AvgIpc) is 2.73. The summed E-state index contributed by atoms with van der Waals surface area (Å²) in [4.78, 5) is 27.5. The summed E-state index contributed by atoms with van der Waals surface area (Å²) in [5, 5.41) is 33.6. The van der Waals surface area contributed by atoms with E-state index in [2.05, 4.69) is 15.3 Å². The number of aliphatic hydroxyl groups excluding tert-OH is 1. The number of nitrogens with zero attached hydrogens (tertiary/aromatic N) is 3. The first-order valence-electron chi connectivity index (χ1n) is 5.62. The Bertz CT molecular complexity index is 695. The molecule has 2 rings (SSSR count). The lowest BCUT2D eigenvalue weighted by molar-refractivity contribution is -0.391. The molecule has 0 bridgehead atoms. The molecular formula is C10H11N5O5. The zero-order valence-corrected chi connectivity index (χ0v) is 10.4. The highest BCUT2D eigenvalue weighted by Crippen LogP contribution is 2.39. The van der Waals surface area contributed by atoms with E-state index in [9.17, 15) is 20.2 Å². The normalized spacial score (nSPS) is 10.7. The van der Waals surface area contributed by atoms with Crippen LogP contribution in [0.2, 0.25) is 0 Å². The lowest BCUT2D eigenvalue weighted by Gasteiger charge is -2.06. The van der Waals surface area contributed by atoms with Crippen molar-refractivity contribution >= 4 is 28.1 Å². The van der Waals surface area contributed by atoms with Gasteiger partial charge in [0.1, 0.15) is 5.82 Å². The van der Waals surface area contributed by atoms with E-state index >= 15 is 0 Å². The van der Waals surface area contributed by atoms with Crippen molar-refractivity contribution in [3.63, 3.8) is 0 Å². The first kappa shape index (κ1) is 13.7. The first-order chi connectivity index (χ1) is 9.45. The summed E-state index contributed by atoms with van der Waals surface area (Å²) in [5.41, 5.74) is -0.921. The zero-order valence-electron chi connectivity index (χ0n) is 10.4. The fraction of sp³-hybridized carbons (Fsp3) is 0.300. The number of rotatable bonds is 5. The predicted molar refractivity (Wildman–Crippen MR) is 69.7 cm³/mol. The molecule has 1 aromatic heterocycles. The van der Waals surface area contributed by atoms with Crippen LogP contribution in [0.3, 0.4) is 0 Å². The molecule has 1 heterocycles. The molecule has 0 saturated carbocycles. The highest BCUT2D eigenvalue weighted by atomic mass is 16.6. The number of nitro groups is 2. The smallest absolute Gasteiger partial charge is 0.327 e. The summed E-state index contributed by atoms with van der Waals surface area (Å²) in [6, 6.07) is 1.18. The van der Waals surface area contributed by atoms with E-state index in [1.54, 1.807) is 6.92 Å². The van der Waals surface area contributed by atoms with Crippen LogP contribution in [-0.2, 0) is 0 Å². The minimum Gasteiger partial charge on any atom is -0.395 e. The van der Waals surface area contributed by atoms with E-state index in [1.807, 2.05) is 0 Å². The number of aromatic nitrogens is 2. The Morgan fingerprint density at radius 3 is 2.65 bits per heavy atom. The fourth-order valence-electron chi connectivity index (χ4n) is 1.92. The number of imidazole rings is 1. The van der Waals surface area contributed by atoms with Gasteiger partial charge in [-0.25, -0.2) is 4.98 Å².